The van der Waals surface area contributed by atoms with E-state index < -0.39 is 0 Å². The first-order valence-corrected chi connectivity index (χ1v) is 5.83. The number of halogens is 1. The van der Waals surface area contributed by atoms with Crippen LogP contribution in [0.5, 0.6) is 0 Å². The summed E-state index contributed by atoms with van der Waals surface area (Å²) in [5.41, 5.74) is 0. The van der Waals surface area contributed by atoms with Gasteiger partial charge in [0.05, 0.1) is 16.7 Å². The zero-order valence-corrected chi connectivity index (χ0v) is 10.1. The molecule has 0 unspecified atom stereocenters. The van der Waals surface area contributed by atoms with E-state index in [-0.39, 0.29) is 0 Å². The monoisotopic (exact) mass is 279 g/mol. The smallest absolute Gasteiger partial charge is 0.132 e. The van der Waals surface area contributed by atoms with E-state index in [1.807, 2.05) is 23.1 Å². The molecule has 3 heterocycles. The lowest BCUT2D eigenvalue weighted by Gasteiger charge is -2.39. The van der Waals surface area contributed by atoms with Gasteiger partial charge in [0.15, 0.2) is 0 Å². The lowest BCUT2D eigenvalue weighted by atomic mass is 10.1. The fraction of sp³-hybridized carbons (Fsp3) is 0.300. The lowest BCUT2D eigenvalue weighted by Crippen LogP contribution is -2.48. The highest BCUT2D eigenvalue weighted by molar-refractivity contribution is 9.10. The molecular formula is C10H10BrN5. The predicted octanol–water partition coefficient (Wildman–Crippen LogP) is 1.50. The minimum absolute atomic E-state index is 0.446. The molecule has 2 aromatic heterocycles. The average molecular weight is 280 g/mol. The Kier molecular flexibility index (Phi) is 2.36. The van der Waals surface area contributed by atoms with Crippen LogP contribution in [0.4, 0.5) is 5.82 Å². The van der Waals surface area contributed by atoms with Crippen LogP contribution in [0.15, 0.2) is 35.5 Å². The van der Waals surface area contributed by atoms with Crippen LogP contribution in [0.2, 0.25) is 0 Å². The summed E-state index contributed by atoms with van der Waals surface area (Å²) in [7, 11) is 0. The fourth-order valence-electron chi connectivity index (χ4n) is 1.79. The predicted molar refractivity (Wildman–Crippen MR) is 63.2 cm³/mol. The van der Waals surface area contributed by atoms with Gasteiger partial charge in [0.1, 0.15) is 12.1 Å². The molecule has 6 heteroatoms. The second kappa shape index (κ2) is 3.86. The summed E-state index contributed by atoms with van der Waals surface area (Å²) in [5, 5.41) is 4.28. The minimum Gasteiger partial charge on any atom is -0.352 e. The summed E-state index contributed by atoms with van der Waals surface area (Å²) in [6.45, 7) is 1.90. The third kappa shape index (κ3) is 1.69. The summed E-state index contributed by atoms with van der Waals surface area (Å²) in [5.74, 6) is 0.984. The lowest BCUT2D eigenvalue weighted by molar-refractivity contribution is 0.365. The molecular weight excluding hydrogens is 270 g/mol. The molecule has 0 spiro atoms. The average Bonchev–Trinajstić information content (AvgIpc) is 2.64. The maximum Gasteiger partial charge on any atom is 0.132 e. The highest BCUT2D eigenvalue weighted by Gasteiger charge is 2.29. The van der Waals surface area contributed by atoms with Crippen molar-refractivity contribution in [3.05, 3.63) is 35.5 Å². The van der Waals surface area contributed by atoms with Gasteiger partial charge in [0.2, 0.25) is 0 Å². The van der Waals surface area contributed by atoms with Crippen molar-refractivity contribution in [3.63, 3.8) is 0 Å². The highest BCUT2D eigenvalue weighted by atomic mass is 79.9. The molecule has 0 amide bonds. The summed E-state index contributed by atoms with van der Waals surface area (Å²) < 4.78 is 3.01. The number of nitrogens with zero attached hydrogens (tertiary/aromatic N) is 5. The molecule has 0 aromatic carbocycles. The maximum absolute atomic E-state index is 4.28. The molecule has 0 aliphatic carbocycles. The van der Waals surface area contributed by atoms with Crippen molar-refractivity contribution in [2.24, 2.45) is 0 Å². The van der Waals surface area contributed by atoms with E-state index in [2.05, 4.69) is 35.9 Å². The molecule has 0 bridgehead atoms. The summed E-state index contributed by atoms with van der Waals surface area (Å²) in [6.07, 6.45) is 7.16. The first-order valence-electron chi connectivity index (χ1n) is 5.03. The zero-order chi connectivity index (χ0) is 11.0. The van der Waals surface area contributed by atoms with Crippen molar-refractivity contribution in [1.29, 1.82) is 0 Å². The van der Waals surface area contributed by atoms with Crippen molar-refractivity contribution in [1.82, 2.24) is 19.7 Å². The molecule has 2 aromatic rings. The molecule has 0 saturated carbocycles. The number of rotatable bonds is 2. The van der Waals surface area contributed by atoms with Crippen LogP contribution >= 0.6 is 15.9 Å². The Morgan fingerprint density at radius 2 is 2.25 bits per heavy atom. The first-order chi connectivity index (χ1) is 7.83. The third-order valence-electron chi connectivity index (χ3n) is 2.70. The van der Waals surface area contributed by atoms with Crippen molar-refractivity contribution in [2.75, 3.05) is 18.0 Å². The van der Waals surface area contributed by atoms with Crippen LogP contribution in [-0.4, -0.2) is 32.8 Å². The van der Waals surface area contributed by atoms with Gasteiger partial charge in [-0.2, -0.15) is 5.10 Å². The SMILES string of the molecule is Brc1cnn(C2CN(c3ccncn3)C2)c1. The maximum atomic E-state index is 4.28. The van der Waals surface area contributed by atoms with Crippen molar-refractivity contribution < 1.29 is 0 Å². The van der Waals surface area contributed by atoms with Gasteiger partial charge in [0.25, 0.3) is 0 Å². The Morgan fingerprint density at radius 1 is 1.38 bits per heavy atom. The highest BCUT2D eigenvalue weighted by Crippen LogP contribution is 2.25. The Balaban J connectivity index is 1.67. The Bertz CT molecular complexity index is 477. The molecule has 0 atom stereocenters. The largest absolute Gasteiger partial charge is 0.352 e. The van der Waals surface area contributed by atoms with E-state index in [4.69, 9.17) is 0 Å². The molecule has 16 heavy (non-hydrogen) atoms. The van der Waals surface area contributed by atoms with E-state index in [1.54, 1.807) is 12.5 Å². The van der Waals surface area contributed by atoms with Gasteiger partial charge in [-0.25, -0.2) is 9.97 Å². The van der Waals surface area contributed by atoms with Gasteiger partial charge in [0, 0.05) is 25.5 Å². The van der Waals surface area contributed by atoms with Crippen LogP contribution in [0.1, 0.15) is 6.04 Å². The van der Waals surface area contributed by atoms with E-state index in [0.717, 1.165) is 23.4 Å². The fourth-order valence-corrected chi connectivity index (χ4v) is 2.10. The van der Waals surface area contributed by atoms with Crippen LogP contribution < -0.4 is 4.90 Å². The Labute approximate surface area is 101 Å². The number of anilines is 1. The second-order valence-electron chi connectivity index (χ2n) is 3.76. The molecule has 1 aliphatic heterocycles. The van der Waals surface area contributed by atoms with Crippen LogP contribution in [0.3, 0.4) is 0 Å². The van der Waals surface area contributed by atoms with Gasteiger partial charge < -0.3 is 4.90 Å². The quantitative estimate of drug-likeness (QED) is 0.836. The van der Waals surface area contributed by atoms with E-state index in [9.17, 15) is 0 Å². The van der Waals surface area contributed by atoms with Gasteiger partial charge >= 0.3 is 0 Å². The summed E-state index contributed by atoms with van der Waals surface area (Å²) in [4.78, 5) is 10.3. The van der Waals surface area contributed by atoms with Crippen LogP contribution in [0.25, 0.3) is 0 Å². The van der Waals surface area contributed by atoms with Gasteiger partial charge in [-0.05, 0) is 22.0 Å². The number of hydrogen-bond acceptors (Lipinski definition) is 4. The van der Waals surface area contributed by atoms with Crippen molar-refractivity contribution >= 4 is 21.7 Å². The minimum atomic E-state index is 0.446. The second-order valence-corrected chi connectivity index (χ2v) is 4.68. The molecule has 82 valence electrons. The first kappa shape index (κ1) is 9.77. The topological polar surface area (TPSA) is 46.8 Å². The zero-order valence-electron chi connectivity index (χ0n) is 8.49. The molecule has 1 saturated heterocycles. The molecule has 0 N–H and O–H groups in total. The van der Waals surface area contributed by atoms with E-state index >= 15 is 0 Å². The summed E-state index contributed by atoms with van der Waals surface area (Å²) in [6, 6.07) is 2.37. The van der Waals surface area contributed by atoms with E-state index in [1.165, 1.54) is 0 Å². The number of aromatic nitrogens is 4. The molecule has 0 radical (unpaired) electrons. The third-order valence-corrected chi connectivity index (χ3v) is 3.11. The van der Waals surface area contributed by atoms with Gasteiger partial charge in [-0.15, -0.1) is 0 Å². The van der Waals surface area contributed by atoms with Crippen molar-refractivity contribution in [2.45, 2.75) is 6.04 Å². The standard InChI is InChI=1S/C10H10BrN5/c11-8-3-14-16(4-8)9-5-15(6-9)10-1-2-12-7-13-10/h1-4,7,9H,5-6H2. The number of hydrogen-bond donors (Lipinski definition) is 0. The van der Waals surface area contributed by atoms with Crippen LogP contribution in [-0.2, 0) is 0 Å². The molecule has 1 aliphatic rings. The molecule has 1 fully saturated rings. The normalized spacial score (nSPS) is 16.2. The molecule has 5 nitrogen and oxygen atoms in total. The van der Waals surface area contributed by atoms with Gasteiger partial charge in [-0.1, -0.05) is 0 Å². The van der Waals surface area contributed by atoms with E-state index in [0.29, 0.717) is 6.04 Å². The Morgan fingerprint density at radius 3 is 2.88 bits per heavy atom. The van der Waals surface area contributed by atoms with Crippen molar-refractivity contribution in [3.8, 4) is 0 Å². The van der Waals surface area contributed by atoms with Gasteiger partial charge in [-0.3, -0.25) is 4.68 Å². The summed E-state index contributed by atoms with van der Waals surface area (Å²) >= 11 is 3.40. The Hall–Kier alpha value is -1.43. The molecule has 3 rings (SSSR count). The van der Waals surface area contributed by atoms with Crippen LogP contribution in [0, 0.1) is 0 Å².